The van der Waals surface area contributed by atoms with E-state index in [-0.39, 0.29) is 12.3 Å². The van der Waals surface area contributed by atoms with Gasteiger partial charge in [-0.25, -0.2) is 4.98 Å². The van der Waals surface area contributed by atoms with Crippen molar-refractivity contribution in [3.63, 3.8) is 0 Å². The molecule has 7 nitrogen and oxygen atoms in total. The van der Waals surface area contributed by atoms with Crippen LogP contribution in [0.1, 0.15) is 11.1 Å². The number of thiazole rings is 1. The second-order valence-electron chi connectivity index (χ2n) is 7.48. The lowest BCUT2D eigenvalue weighted by Gasteiger charge is -2.15. The standard InChI is InChI=1S/C26H26N2O5S2/c1-30-20-8-6-5-7-17(20)15-34-26-28-19-11-10-18(14-22(19)35-26)27-23(29)13-16-9-12-21(31-2)25(33-4)24(16)32-3/h5-12,14H,13,15H2,1-4H3,(H,27,29). The number of anilines is 1. The highest BCUT2D eigenvalue weighted by Gasteiger charge is 2.18. The Morgan fingerprint density at radius 2 is 1.66 bits per heavy atom. The number of methoxy groups -OCH3 is 4. The van der Waals surface area contributed by atoms with Crippen molar-refractivity contribution in [3.8, 4) is 23.0 Å². The van der Waals surface area contributed by atoms with Gasteiger partial charge >= 0.3 is 0 Å². The van der Waals surface area contributed by atoms with Crippen LogP contribution < -0.4 is 24.3 Å². The number of para-hydroxylation sites is 1. The molecule has 35 heavy (non-hydrogen) atoms. The van der Waals surface area contributed by atoms with Gasteiger partial charge in [-0.05, 0) is 30.3 Å². The minimum atomic E-state index is -0.162. The number of ether oxygens (including phenoxy) is 4. The molecule has 1 amide bonds. The molecule has 4 aromatic rings. The van der Waals surface area contributed by atoms with Crippen LogP contribution in [0.4, 0.5) is 5.69 Å². The van der Waals surface area contributed by atoms with Crippen LogP contribution in [0.25, 0.3) is 10.2 Å². The average Bonchev–Trinajstić information content (AvgIpc) is 3.29. The highest BCUT2D eigenvalue weighted by atomic mass is 32.2. The number of hydrogen-bond acceptors (Lipinski definition) is 8. The zero-order chi connectivity index (χ0) is 24.8. The fourth-order valence-electron chi connectivity index (χ4n) is 3.69. The molecule has 0 aliphatic carbocycles. The van der Waals surface area contributed by atoms with Gasteiger partial charge in [0.2, 0.25) is 11.7 Å². The minimum Gasteiger partial charge on any atom is -0.496 e. The van der Waals surface area contributed by atoms with Crippen LogP contribution in [-0.4, -0.2) is 39.3 Å². The van der Waals surface area contributed by atoms with Gasteiger partial charge in [0, 0.05) is 22.6 Å². The first-order valence-electron chi connectivity index (χ1n) is 10.8. The molecule has 1 heterocycles. The molecule has 182 valence electrons. The summed E-state index contributed by atoms with van der Waals surface area (Å²) >= 11 is 3.26. The summed E-state index contributed by atoms with van der Waals surface area (Å²) in [6, 6.07) is 17.3. The number of thioether (sulfide) groups is 1. The third-order valence-corrected chi connectivity index (χ3v) is 7.54. The second-order valence-corrected chi connectivity index (χ2v) is 9.73. The molecule has 0 aliphatic rings. The molecule has 0 saturated heterocycles. The number of aromatic nitrogens is 1. The van der Waals surface area contributed by atoms with Crippen LogP contribution in [0, 0.1) is 0 Å². The van der Waals surface area contributed by atoms with E-state index in [1.165, 1.54) is 7.11 Å². The summed E-state index contributed by atoms with van der Waals surface area (Å²) in [7, 11) is 6.32. The van der Waals surface area contributed by atoms with Gasteiger partial charge in [0.05, 0.1) is 45.1 Å². The Morgan fingerprint density at radius 3 is 2.40 bits per heavy atom. The number of benzene rings is 3. The Kier molecular flexibility index (Phi) is 7.99. The fourth-order valence-corrected chi connectivity index (χ4v) is 5.78. The number of carbonyl (C=O) groups is 1. The molecular formula is C26H26N2O5S2. The summed E-state index contributed by atoms with van der Waals surface area (Å²) in [5.74, 6) is 2.97. The quantitative estimate of drug-likeness (QED) is 0.270. The third-order valence-electron chi connectivity index (χ3n) is 5.33. The first kappa shape index (κ1) is 24.7. The Morgan fingerprint density at radius 1 is 0.886 bits per heavy atom. The number of rotatable bonds is 10. The van der Waals surface area contributed by atoms with Crippen LogP contribution in [0.2, 0.25) is 0 Å². The van der Waals surface area contributed by atoms with Crippen molar-refractivity contribution >= 4 is 44.9 Å². The molecule has 0 aliphatic heterocycles. The molecule has 0 radical (unpaired) electrons. The molecule has 0 unspecified atom stereocenters. The Balaban J connectivity index is 1.45. The second kappa shape index (κ2) is 11.3. The first-order valence-corrected chi connectivity index (χ1v) is 12.6. The predicted octanol–water partition coefficient (Wildman–Crippen LogP) is 5.80. The van der Waals surface area contributed by atoms with Gasteiger partial charge in [0.1, 0.15) is 5.75 Å². The number of nitrogens with one attached hydrogen (secondary N) is 1. The van der Waals surface area contributed by atoms with E-state index >= 15 is 0 Å². The van der Waals surface area contributed by atoms with E-state index < -0.39 is 0 Å². The molecule has 3 aromatic carbocycles. The Labute approximate surface area is 212 Å². The van der Waals surface area contributed by atoms with Crippen molar-refractivity contribution in [2.75, 3.05) is 33.8 Å². The molecule has 0 fully saturated rings. The topological polar surface area (TPSA) is 78.9 Å². The zero-order valence-electron chi connectivity index (χ0n) is 19.9. The summed E-state index contributed by atoms with van der Waals surface area (Å²) in [4.78, 5) is 17.5. The Hall–Kier alpha value is -3.43. The maximum Gasteiger partial charge on any atom is 0.228 e. The van der Waals surface area contributed by atoms with Gasteiger partial charge in [0.25, 0.3) is 0 Å². The smallest absolute Gasteiger partial charge is 0.228 e. The molecule has 0 spiro atoms. The summed E-state index contributed by atoms with van der Waals surface area (Å²) in [5, 5.41) is 2.97. The first-order chi connectivity index (χ1) is 17.1. The highest BCUT2D eigenvalue weighted by Crippen LogP contribution is 2.40. The van der Waals surface area contributed by atoms with Gasteiger partial charge in [-0.1, -0.05) is 36.0 Å². The number of fused-ring (bicyclic) bond motifs is 1. The summed E-state index contributed by atoms with van der Waals surface area (Å²) in [6.07, 6.45) is 0.129. The monoisotopic (exact) mass is 510 g/mol. The van der Waals surface area contributed by atoms with Crippen LogP contribution in [0.15, 0.2) is 58.9 Å². The molecule has 0 bridgehead atoms. The summed E-state index contributed by atoms with van der Waals surface area (Å²) < 4.78 is 23.6. The summed E-state index contributed by atoms with van der Waals surface area (Å²) in [6.45, 7) is 0. The Bertz CT molecular complexity index is 1340. The van der Waals surface area contributed by atoms with E-state index in [0.29, 0.717) is 28.5 Å². The van der Waals surface area contributed by atoms with Gasteiger partial charge < -0.3 is 24.3 Å². The van der Waals surface area contributed by atoms with Gasteiger partial charge in [-0.2, -0.15) is 0 Å². The molecule has 4 rings (SSSR count). The lowest BCUT2D eigenvalue weighted by molar-refractivity contribution is -0.115. The van der Waals surface area contributed by atoms with Gasteiger partial charge in [-0.15, -0.1) is 11.3 Å². The van der Waals surface area contributed by atoms with Crippen molar-refractivity contribution in [1.82, 2.24) is 4.98 Å². The van der Waals surface area contributed by atoms with Crippen LogP contribution >= 0.6 is 23.1 Å². The lowest BCUT2D eigenvalue weighted by atomic mass is 10.1. The molecule has 9 heteroatoms. The third kappa shape index (κ3) is 5.63. The van der Waals surface area contributed by atoms with Crippen molar-refractivity contribution < 1.29 is 23.7 Å². The average molecular weight is 511 g/mol. The van der Waals surface area contributed by atoms with Gasteiger partial charge in [-0.3, -0.25) is 4.79 Å². The number of amides is 1. The lowest BCUT2D eigenvalue weighted by Crippen LogP contribution is -2.15. The van der Waals surface area contributed by atoms with Crippen molar-refractivity contribution in [2.24, 2.45) is 0 Å². The van der Waals surface area contributed by atoms with E-state index in [2.05, 4.69) is 11.4 Å². The van der Waals surface area contributed by atoms with E-state index in [1.807, 2.05) is 36.4 Å². The van der Waals surface area contributed by atoms with E-state index in [1.54, 1.807) is 56.6 Å². The maximum absolute atomic E-state index is 12.8. The SMILES string of the molecule is COc1ccccc1CSc1nc2ccc(NC(=O)Cc3ccc(OC)c(OC)c3OC)cc2s1. The molecule has 1 N–H and O–H groups in total. The van der Waals surface area contributed by atoms with Crippen molar-refractivity contribution in [2.45, 2.75) is 16.5 Å². The fraction of sp³-hybridized carbons (Fsp3) is 0.231. The molecule has 0 atom stereocenters. The minimum absolute atomic E-state index is 0.129. The highest BCUT2D eigenvalue weighted by molar-refractivity contribution is 8.00. The van der Waals surface area contributed by atoms with E-state index in [4.69, 9.17) is 23.9 Å². The van der Waals surface area contributed by atoms with Gasteiger partial charge in [0.15, 0.2) is 15.8 Å². The largest absolute Gasteiger partial charge is 0.496 e. The predicted molar refractivity (Wildman–Crippen MR) is 141 cm³/mol. The normalized spacial score (nSPS) is 10.7. The van der Waals surface area contributed by atoms with Crippen LogP contribution in [-0.2, 0) is 17.0 Å². The van der Waals surface area contributed by atoms with Crippen molar-refractivity contribution in [1.29, 1.82) is 0 Å². The van der Waals surface area contributed by atoms with Crippen LogP contribution in [0.3, 0.4) is 0 Å². The number of carbonyl (C=O) groups excluding carboxylic acids is 1. The molecular weight excluding hydrogens is 484 g/mol. The number of hydrogen-bond donors (Lipinski definition) is 1. The summed E-state index contributed by atoms with van der Waals surface area (Å²) in [5.41, 5.74) is 3.44. The van der Waals surface area contributed by atoms with Crippen molar-refractivity contribution in [3.05, 3.63) is 65.7 Å². The van der Waals surface area contributed by atoms with Crippen LogP contribution in [0.5, 0.6) is 23.0 Å². The van der Waals surface area contributed by atoms with E-state index in [0.717, 1.165) is 31.6 Å². The number of nitrogens with zero attached hydrogens (tertiary/aromatic N) is 1. The molecule has 1 aromatic heterocycles. The van der Waals surface area contributed by atoms with E-state index in [9.17, 15) is 4.79 Å². The maximum atomic E-state index is 12.8. The zero-order valence-corrected chi connectivity index (χ0v) is 21.5. The molecule has 0 saturated carbocycles.